The third-order valence-electron chi connectivity index (χ3n) is 7.45. The number of nitrogens with two attached hydrogens (primary N) is 1. The second-order valence-corrected chi connectivity index (χ2v) is 10.3. The molecule has 41 heavy (non-hydrogen) atoms. The van der Waals surface area contributed by atoms with Crippen molar-refractivity contribution in [2.45, 2.75) is 38.5 Å². The highest BCUT2D eigenvalue weighted by Gasteiger charge is 2.31. The molecule has 0 saturated heterocycles. The number of rotatable bonds is 7. The number of nitrogens with one attached hydrogen (secondary N) is 1. The first-order chi connectivity index (χ1) is 19.6. The number of alkyl halides is 3. The van der Waals surface area contributed by atoms with Crippen molar-refractivity contribution in [3.8, 4) is 11.1 Å². The van der Waals surface area contributed by atoms with Crippen molar-refractivity contribution < 1.29 is 22.8 Å². The molecule has 0 fully saturated rings. The van der Waals surface area contributed by atoms with E-state index in [4.69, 9.17) is 5.73 Å². The molecule has 0 aliphatic carbocycles. The van der Waals surface area contributed by atoms with Gasteiger partial charge in [-0.25, -0.2) is 0 Å². The zero-order valence-electron chi connectivity index (χ0n) is 22.5. The Morgan fingerprint density at radius 2 is 1.71 bits per heavy atom. The molecule has 1 aliphatic rings. The molecule has 3 N–H and O–H groups in total. The lowest BCUT2D eigenvalue weighted by molar-refractivity contribution is -0.137. The maximum atomic E-state index is 13.1. The Balaban J connectivity index is 1.28. The summed E-state index contributed by atoms with van der Waals surface area (Å²) in [5.74, 6) is -0.797. The summed E-state index contributed by atoms with van der Waals surface area (Å²) in [5.41, 5.74) is 11.1. The van der Waals surface area contributed by atoms with Crippen LogP contribution in [0.3, 0.4) is 0 Å². The minimum Gasteiger partial charge on any atom is -0.367 e. The molecule has 1 atom stereocenters. The molecule has 4 aromatic rings. The highest BCUT2D eigenvalue weighted by molar-refractivity contribution is 5.99. The van der Waals surface area contributed by atoms with Crippen molar-refractivity contribution in [2.75, 3.05) is 11.4 Å². The molecule has 4 aromatic carbocycles. The van der Waals surface area contributed by atoms with Crippen LogP contribution in [0, 0.1) is 0 Å². The van der Waals surface area contributed by atoms with E-state index >= 15 is 0 Å². The second-order valence-electron chi connectivity index (χ2n) is 10.3. The number of amides is 2. The van der Waals surface area contributed by atoms with Gasteiger partial charge < -0.3 is 16.0 Å². The lowest BCUT2D eigenvalue weighted by Gasteiger charge is -2.32. The van der Waals surface area contributed by atoms with Crippen LogP contribution in [-0.2, 0) is 19.1 Å². The Kier molecular flexibility index (Phi) is 7.83. The lowest BCUT2D eigenvalue weighted by Crippen LogP contribution is -2.30. The quantitative estimate of drug-likeness (QED) is 0.259. The van der Waals surface area contributed by atoms with Gasteiger partial charge in [-0.15, -0.1) is 0 Å². The van der Waals surface area contributed by atoms with Crippen molar-refractivity contribution >= 4 is 17.5 Å². The average Bonchev–Trinajstić information content (AvgIpc) is 2.97. The van der Waals surface area contributed by atoms with Crippen molar-refractivity contribution in [3.05, 3.63) is 124 Å². The number of benzene rings is 4. The number of aryl methyl sites for hydroxylation is 1. The first-order valence-electron chi connectivity index (χ1n) is 13.4. The molecule has 5 nitrogen and oxygen atoms in total. The summed E-state index contributed by atoms with van der Waals surface area (Å²) in [4.78, 5) is 27.1. The summed E-state index contributed by atoms with van der Waals surface area (Å²) in [6.45, 7) is 3.23. The largest absolute Gasteiger partial charge is 0.416 e. The maximum Gasteiger partial charge on any atom is 0.416 e. The minimum absolute atomic E-state index is 0.332. The number of primary amides is 1. The normalized spacial score (nSPS) is 13.8. The summed E-state index contributed by atoms with van der Waals surface area (Å²) in [6, 6.07) is 25.3. The van der Waals surface area contributed by atoms with Gasteiger partial charge in [0, 0.05) is 29.9 Å². The van der Waals surface area contributed by atoms with Crippen LogP contribution in [0.4, 0.5) is 18.9 Å². The standard InChI is InChI=1S/C33H30F3N3O2/c1-21(24-6-4-8-27(19-24)33(34,35)36)38-32(41)26-15-16-30-25(18-26)7-5-17-39(30)20-22-11-13-23(14-12-22)28-9-2-3-10-29(28)31(37)40/h2-4,6,8-16,18-19,21H,5,7,17,20H2,1H3,(H2,37,40)(H,38,41). The maximum absolute atomic E-state index is 13.1. The van der Waals surface area contributed by atoms with Crippen LogP contribution in [-0.4, -0.2) is 18.4 Å². The zero-order chi connectivity index (χ0) is 29.1. The number of carbonyl (C=O) groups excluding carboxylic acids is 2. The van der Waals surface area contributed by atoms with Gasteiger partial charge in [0.15, 0.2) is 0 Å². The van der Waals surface area contributed by atoms with Gasteiger partial charge in [-0.1, -0.05) is 54.6 Å². The Labute approximate surface area is 236 Å². The second kappa shape index (κ2) is 11.5. The highest BCUT2D eigenvalue weighted by Crippen LogP contribution is 2.32. The Morgan fingerprint density at radius 3 is 2.44 bits per heavy atom. The molecule has 210 valence electrons. The van der Waals surface area contributed by atoms with E-state index in [1.807, 2.05) is 48.5 Å². The Hall–Kier alpha value is -4.59. The van der Waals surface area contributed by atoms with Gasteiger partial charge in [-0.2, -0.15) is 13.2 Å². The monoisotopic (exact) mass is 557 g/mol. The smallest absolute Gasteiger partial charge is 0.367 e. The highest BCUT2D eigenvalue weighted by atomic mass is 19.4. The number of carbonyl (C=O) groups is 2. The topological polar surface area (TPSA) is 75.4 Å². The SMILES string of the molecule is CC(NC(=O)c1ccc2c(c1)CCCN2Cc1ccc(-c2ccccc2C(N)=O)cc1)c1cccc(C(F)(F)F)c1. The number of nitrogens with zero attached hydrogens (tertiary/aromatic N) is 1. The number of anilines is 1. The predicted octanol–water partition coefficient (Wildman–Crippen LogP) is 6.92. The summed E-state index contributed by atoms with van der Waals surface area (Å²) in [5, 5.41) is 2.83. The summed E-state index contributed by atoms with van der Waals surface area (Å²) >= 11 is 0. The zero-order valence-corrected chi connectivity index (χ0v) is 22.5. The third-order valence-corrected chi connectivity index (χ3v) is 7.45. The van der Waals surface area contributed by atoms with Crippen LogP contribution in [0.5, 0.6) is 0 Å². The van der Waals surface area contributed by atoms with Crippen molar-refractivity contribution in [2.24, 2.45) is 5.73 Å². The molecule has 0 spiro atoms. The van der Waals surface area contributed by atoms with Crippen molar-refractivity contribution in [1.82, 2.24) is 5.32 Å². The van der Waals surface area contributed by atoms with Gasteiger partial charge >= 0.3 is 6.18 Å². The van der Waals surface area contributed by atoms with E-state index in [2.05, 4.69) is 10.2 Å². The molecule has 1 aliphatic heterocycles. The van der Waals surface area contributed by atoms with Crippen LogP contribution in [0.2, 0.25) is 0 Å². The average molecular weight is 558 g/mol. The molecule has 0 bridgehead atoms. The summed E-state index contributed by atoms with van der Waals surface area (Å²) in [6.07, 6.45) is -2.68. The molecular formula is C33H30F3N3O2. The Bertz CT molecular complexity index is 1580. The van der Waals surface area contributed by atoms with Crippen molar-refractivity contribution in [1.29, 1.82) is 0 Å². The van der Waals surface area contributed by atoms with Gasteiger partial charge in [0.25, 0.3) is 5.91 Å². The van der Waals surface area contributed by atoms with Gasteiger partial charge in [0.2, 0.25) is 5.91 Å². The molecule has 0 saturated carbocycles. The molecule has 0 radical (unpaired) electrons. The fourth-order valence-electron chi connectivity index (χ4n) is 5.29. The van der Waals surface area contributed by atoms with Crippen LogP contribution in [0.25, 0.3) is 11.1 Å². The molecule has 1 heterocycles. The summed E-state index contributed by atoms with van der Waals surface area (Å²) < 4.78 is 39.3. The molecule has 2 amide bonds. The minimum atomic E-state index is -4.44. The van der Waals surface area contributed by atoms with E-state index in [-0.39, 0.29) is 5.91 Å². The van der Waals surface area contributed by atoms with Gasteiger partial charge in [0.05, 0.1) is 11.6 Å². The van der Waals surface area contributed by atoms with E-state index in [9.17, 15) is 22.8 Å². The molecule has 1 unspecified atom stereocenters. The number of hydrogen-bond donors (Lipinski definition) is 2. The first kappa shape index (κ1) is 28.0. The molecular weight excluding hydrogens is 527 g/mol. The van der Waals surface area contributed by atoms with Gasteiger partial charge in [-0.3, -0.25) is 9.59 Å². The van der Waals surface area contributed by atoms with E-state index < -0.39 is 23.7 Å². The number of hydrogen-bond acceptors (Lipinski definition) is 3. The third kappa shape index (κ3) is 6.27. The van der Waals surface area contributed by atoms with Gasteiger partial charge in [0.1, 0.15) is 0 Å². The van der Waals surface area contributed by atoms with E-state index in [0.29, 0.717) is 23.2 Å². The number of fused-ring (bicyclic) bond motifs is 1. The fourth-order valence-corrected chi connectivity index (χ4v) is 5.29. The molecule has 0 aromatic heterocycles. The van der Waals surface area contributed by atoms with Gasteiger partial charge in [-0.05, 0) is 84.0 Å². The van der Waals surface area contributed by atoms with Crippen molar-refractivity contribution in [3.63, 3.8) is 0 Å². The van der Waals surface area contributed by atoms with E-state index in [1.54, 1.807) is 31.2 Å². The predicted molar refractivity (Wildman–Crippen MR) is 154 cm³/mol. The lowest BCUT2D eigenvalue weighted by atomic mass is 9.96. The van der Waals surface area contributed by atoms with Crippen LogP contribution < -0.4 is 16.0 Å². The Morgan fingerprint density at radius 1 is 0.951 bits per heavy atom. The van der Waals surface area contributed by atoms with Crippen LogP contribution in [0.15, 0.2) is 91.0 Å². The summed E-state index contributed by atoms with van der Waals surface area (Å²) in [7, 11) is 0. The first-order valence-corrected chi connectivity index (χ1v) is 13.4. The molecule has 8 heteroatoms. The molecule has 5 rings (SSSR count). The number of halogens is 3. The fraction of sp³-hybridized carbons (Fsp3) is 0.212. The van der Waals surface area contributed by atoms with E-state index in [1.165, 1.54) is 6.07 Å². The van der Waals surface area contributed by atoms with Crippen LogP contribution >= 0.6 is 0 Å². The van der Waals surface area contributed by atoms with E-state index in [0.717, 1.165) is 59.5 Å². The van der Waals surface area contributed by atoms with Crippen LogP contribution in [0.1, 0.15) is 62.4 Å².